The van der Waals surface area contributed by atoms with E-state index in [0.717, 1.165) is 36.5 Å². The first-order valence-electron chi connectivity index (χ1n) is 61.1. The Kier molecular flexibility index (Phi) is 67.7. The molecule has 0 spiro atoms. The minimum Gasteiger partial charge on any atom is -0.152 e. The molecule has 2 aromatic carbocycles. The van der Waals surface area contributed by atoms with Crippen LogP contribution in [0.2, 0.25) is 0 Å². The molecule has 4 unspecified atom stereocenters. The molecule has 0 aliphatic rings. The van der Waals surface area contributed by atoms with Crippen LogP contribution in [0.5, 0.6) is 0 Å². The maximum Gasteiger partial charge on any atom is 0.0868 e. The normalized spacial score (nSPS) is 12.7. The van der Waals surface area contributed by atoms with Crippen LogP contribution in [0.15, 0.2) is 68.7 Å². The summed E-state index contributed by atoms with van der Waals surface area (Å²) in [6.45, 7) is 18.6. The minimum atomic E-state index is 0.722. The number of fused-ring (bicyclic) bond motifs is 10. The molecule has 784 valence electrons. The maximum absolute atomic E-state index is 3.86. The van der Waals surface area contributed by atoms with Crippen molar-refractivity contribution in [1.82, 2.24) is 0 Å². The Balaban J connectivity index is 0.000000313. The largest absolute Gasteiger partial charge is 0.152 e. The molecule has 0 fully saturated rings. The van der Waals surface area contributed by atoms with E-state index in [1.54, 1.807) is 60.9 Å². The highest BCUT2D eigenvalue weighted by atomic mass is 32.1. The van der Waals surface area contributed by atoms with Crippen molar-refractivity contribution in [2.24, 2.45) is 23.7 Å². The Labute approximate surface area is 895 Å². The molecule has 0 N–H and O–H groups in total. The van der Waals surface area contributed by atoms with Crippen LogP contribution >= 0.6 is 90.7 Å². The van der Waals surface area contributed by atoms with Gasteiger partial charge in [-0.15, -0.1) is 68.0 Å². The van der Waals surface area contributed by atoms with Gasteiger partial charge in [-0.2, -0.15) is 22.7 Å². The van der Waals surface area contributed by atoms with Crippen LogP contribution in [-0.4, -0.2) is 0 Å². The Morgan fingerprint density at radius 2 is 0.443 bits per heavy atom. The van der Waals surface area contributed by atoms with Gasteiger partial charge in [0.1, 0.15) is 0 Å². The van der Waals surface area contributed by atoms with Crippen LogP contribution in [-0.2, 0) is 12.8 Å². The molecular formula is C132H208S8. The molecule has 0 nitrogen and oxygen atoms in total. The molecular weight excluding hydrogens is 1840 g/mol. The molecule has 0 radical (unpaired) electrons. The number of unbranched alkanes of at least 4 members (excludes halogenated alkanes) is 64. The van der Waals surface area contributed by atoms with Crippen molar-refractivity contribution in [3.8, 4) is 45.9 Å². The van der Waals surface area contributed by atoms with E-state index in [2.05, 4.69) is 170 Å². The third-order valence-electron chi connectivity index (χ3n) is 31.7. The standard InChI is InChI=1S/2C66H104S4/c1-5-9-13-17-21-25-27-31-35-39-43-53(41-37-33-29-23-19-15-11-7-3)49-55-51-59-61(57-45-47-67-63(55)57)65-66(69-59)62-58-46-48-68-64(58)56(52-60(62)70-65)50-54(42-38-34-30-24-20-16-12-8-4)44-40-36-32-28-26-22-18-14-10-6-2;1-5-9-13-17-21-25-27-31-35-39-45-57(43-37-33-29-23-19-15-11-7-3)47-41-49-61-63(59-51-53-67-55-59)65-66(69-61)64(60-52-54-68-56-60)62(70-65)50-42-48-58(44-38-34-30-24-20-16-12-8-4)46-40-36-32-28-26-22-18-14-10-6-2/h45-48,51-54H,5-44,49-50H2,1-4H3;51-58H,5-40,43-48H2,1-4H3. The predicted octanol–water partition coefficient (Wildman–Crippen LogP) is 50.5. The third kappa shape index (κ3) is 46.9. The van der Waals surface area contributed by atoms with Crippen molar-refractivity contribution in [2.45, 2.75) is 595 Å². The minimum absolute atomic E-state index is 0.722. The van der Waals surface area contributed by atoms with Gasteiger partial charge in [0.05, 0.1) is 28.6 Å². The Morgan fingerprint density at radius 3 is 0.664 bits per heavy atom. The number of hydrogen-bond acceptors (Lipinski definition) is 8. The summed E-state index contributed by atoms with van der Waals surface area (Å²) >= 11 is 15.8. The molecule has 0 bridgehead atoms. The van der Waals surface area contributed by atoms with Crippen LogP contribution in [0.25, 0.3) is 81.4 Å². The molecule has 0 aliphatic heterocycles. The molecule has 140 heavy (non-hydrogen) atoms. The number of hydrogen-bond donors (Lipinski definition) is 0. The van der Waals surface area contributed by atoms with E-state index in [-0.39, 0.29) is 0 Å². The lowest BCUT2D eigenvalue weighted by Gasteiger charge is -2.18. The second-order valence-corrected chi connectivity index (χ2v) is 51.7. The first-order valence-corrected chi connectivity index (χ1v) is 68.1. The molecule has 8 heteroatoms. The second kappa shape index (κ2) is 78.9. The molecule has 0 amide bonds. The van der Waals surface area contributed by atoms with Gasteiger partial charge in [-0.1, -0.05) is 567 Å². The smallest absolute Gasteiger partial charge is 0.0868 e. The summed E-state index contributed by atoms with van der Waals surface area (Å²) in [5, 5.41) is 20.2. The van der Waals surface area contributed by atoms with Crippen molar-refractivity contribution >= 4 is 150 Å². The average Bonchev–Trinajstić information content (AvgIpc) is 1.54. The Morgan fingerprint density at radius 1 is 0.221 bits per heavy atom. The molecule has 8 heterocycles. The summed E-state index contributed by atoms with van der Waals surface area (Å²) < 4.78 is 12.2. The summed E-state index contributed by atoms with van der Waals surface area (Å²) in [5.74, 6) is 18.5. The van der Waals surface area contributed by atoms with Crippen LogP contribution in [0.3, 0.4) is 0 Å². The molecule has 4 atom stereocenters. The van der Waals surface area contributed by atoms with Gasteiger partial charge in [0.15, 0.2) is 0 Å². The van der Waals surface area contributed by atoms with E-state index in [1.807, 2.05) is 68.0 Å². The van der Waals surface area contributed by atoms with E-state index in [1.165, 1.54) is 568 Å². The van der Waals surface area contributed by atoms with Crippen molar-refractivity contribution in [3.05, 3.63) is 89.6 Å². The van der Waals surface area contributed by atoms with E-state index in [0.29, 0.717) is 0 Å². The molecule has 10 aromatic rings. The highest BCUT2D eigenvalue weighted by molar-refractivity contribution is 7.37. The molecule has 8 aromatic heterocycles. The number of benzene rings is 2. The Hall–Kier alpha value is -3.28. The highest BCUT2D eigenvalue weighted by Crippen LogP contribution is 2.53. The quantitative estimate of drug-likeness (QED) is 0.0263. The van der Waals surface area contributed by atoms with Crippen LogP contribution in [0, 0.1) is 47.4 Å². The van der Waals surface area contributed by atoms with Gasteiger partial charge in [0.25, 0.3) is 0 Å². The lowest BCUT2D eigenvalue weighted by Crippen LogP contribution is -2.06. The molecule has 0 saturated heterocycles. The second-order valence-electron chi connectivity index (χ2n) is 44.1. The van der Waals surface area contributed by atoms with Crippen molar-refractivity contribution in [3.63, 3.8) is 0 Å². The zero-order valence-electron chi connectivity index (χ0n) is 91.9. The fourth-order valence-corrected chi connectivity index (χ4v) is 31.7. The monoisotopic (exact) mass is 2050 g/mol. The van der Waals surface area contributed by atoms with E-state index >= 15 is 0 Å². The first kappa shape index (κ1) is 120. The lowest BCUT2D eigenvalue weighted by molar-refractivity contribution is 0.401. The topological polar surface area (TPSA) is 0 Å². The van der Waals surface area contributed by atoms with Gasteiger partial charge in [0, 0.05) is 64.3 Å². The molecule has 10 rings (SSSR count). The van der Waals surface area contributed by atoms with Gasteiger partial charge in [-0.3, -0.25) is 0 Å². The average molecular weight is 2050 g/mol. The van der Waals surface area contributed by atoms with Crippen molar-refractivity contribution in [2.75, 3.05) is 0 Å². The van der Waals surface area contributed by atoms with E-state index in [4.69, 9.17) is 0 Å². The Bertz CT molecular complexity index is 4450. The van der Waals surface area contributed by atoms with E-state index < -0.39 is 0 Å². The fraction of sp³-hybridized carbons (Fsp3) is 0.727. The zero-order chi connectivity index (χ0) is 98.2. The SMILES string of the molecule is CCCCCCCCCCCCC(CC#Cc1sc2c(-c3ccsc3)c(C#CCC(CCCCCCCCCC)CCCCCCCCCCCC)sc2c1-c1ccsc1)CCCCCCCCCC.CCCCCCCCCCCCC(CCCCCCCCCC)Cc1cc2sc3c(sc4cc(CC(CCCCCCCCCC)CCCCCCCCCCCC)c5sccc5c43)c2c2ccsc12. The molecule has 0 aliphatic carbocycles. The van der Waals surface area contributed by atoms with Crippen molar-refractivity contribution in [1.29, 1.82) is 0 Å². The zero-order valence-corrected chi connectivity index (χ0v) is 98.4. The van der Waals surface area contributed by atoms with Gasteiger partial charge in [-0.05, 0) is 153 Å². The van der Waals surface area contributed by atoms with Crippen LogP contribution < -0.4 is 0 Å². The summed E-state index contributed by atoms with van der Waals surface area (Å²) in [5.41, 5.74) is 8.71. The highest BCUT2D eigenvalue weighted by Gasteiger charge is 2.26. The summed E-state index contributed by atoms with van der Waals surface area (Å²) in [6.07, 6.45) is 118. The van der Waals surface area contributed by atoms with E-state index in [9.17, 15) is 0 Å². The third-order valence-corrected chi connectivity index (χ3v) is 39.9. The van der Waals surface area contributed by atoms with Gasteiger partial charge >= 0.3 is 0 Å². The number of rotatable bonds is 88. The van der Waals surface area contributed by atoms with Crippen LogP contribution in [0.1, 0.15) is 603 Å². The summed E-state index contributed by atoms with van der Waals surface area (Å²) in [6, 6.07) is 15.0. The summed E-state index contributed by atoms with van der Waals surface area (Å²) in [4.78, 5) is 2.53. The molecule has 0 saturated carbocycles. The fourth-order valence-electron chi connectivity index (χ4n) is 22.9. The van der Waals surface area contributed by atoms with Gasteiger partial charge in [0.2, 0.25) is 0 Å². The predicted molar refractivity (Wildman–Crippen MR) is 651 cm³/mol. The maximum atomic E-state index is 3.86. The van der Waals surface area contributed by atoms with Gasteiger partial charge in [-0.25, -0.2) is 0 Å². The summed E-state index contributed by atoms with van der Waals surface area (Å²) in [7, 11) is 0. The van der Waals surface area contributed by atoms with Gasteiger partial charge < -0.3 is 0 Å². The first-order chi connectivity index (χ1) is 69.4. The lowest BCUT2D eigenvalue weighted by atomic mass is 9.88. The van der Waals surface area contributed by atoms with Crippen LogP contribution in [0.4, 0.5) is 0 Å². The number of thiophene rings is 8. The van der Waals surface area contributed by atoms with Crippen molar-refractivity contribution < 1.29 is 0 Å².